The van der Waals surface area contributed by atoms with Gasteiger partial charge >= 0.3 is 0 Å². The first kappa shape index (κ1) is 11.9. The number of carbonyl (C=O) groups is 1. The van der Waals surface area contributed by atoms with Gasteiger partial charge in [0.1, 0.15) is 5.69 Å². The number of nitrogens with zero attached hydrogens (tertiary/aromatic N) is 4. The summed E-state index contributed by atoms with van der Waals surface area (Å²) in [6, 6.07) is 0. The van der Waals surface area contributed by atoms with Crippen LogP contribution in [0.25, 0.3) is 0 Å². The number of aromatic nitrogens is 4. The quantitative estimate of drug-likeness (QED) is 0.482. The van der Waals surface area contributed by atoms with Crippen molar-refractivity contribution in [2.45, 2.75) is 13.5 Å². The molecule has 4 N–H and O–H groups in total. The van der Waals surface area contributed by atoms with Crippen LogP contribution in [0.3, 0.4) is 0 Å². The van der Waals surface area contributed by atoms with E-state index in [-0.39, 0.29) is 12.2 Å². The number of hydrogen-bond donors (Lipinski definition) is 3. The summed E-state index contributed by atoms with van der Waals surface area (Å²) in [6.07, 6.45) is 2.73. The van der Waals surface area contributed by atoms with Crippen LogP contribution in [0.15, 0.2) is 16.9 Å². The van der Waals surface area contributed by atoms with Crippen molar-refractivity contribution in [2.75, 3.05) is 5.43 Å². The van der Waals surface area contributed by atoms with Crippen LogP contribution < -0.4 is 16.6 Å². The molecule has 0 aromatic carbocycles. The fraction of sp³-hybridized carbons (Fsp3) is 0.222. The van der Waals surface area contributed by atoms with Crippen LogP contribution in [-0.4, -0.2) is 26.0 Å². The highest BCUT2D eigenvalue weighted by molar-refractivity contribution is 5.92. The van der Waals surface area contributed by atoms with Crippen molar-refractivity contribution < 1.29 is 9.32 Å². The Hall–Kier alpha value is -2.55. The maximum atomic E-state index is 11.7. The zero-order chi connectivity index (χ0) is 13.0. The minimum absolute atomic E-state index is 0.144. The molecule has 1 amide bonds. The standard InChI is InChI=1S/C9H11N7O2/c1-5-13-8(16-18-5)4-12-9(17)6-2-11-3-7(14-6)15-10/h2-3H,4,10H2,1H3,(H,12,17)(H,14,15). The molecule has 0 radical (unpaired) electrons. The minimum Gasteiger partial charge on any atom is -0.343 e. The summed E-state index contributed by atoms with van der Waals surface area (Å²) < 4.78 is 4.77. The number of carbonyl (C=O) groups excluding carboxylic acids is 1. The summed E-state index contributed by atoms with van der Waals surface area (Å²) >= 11 is 0. The van der Waals surface area contributed by atoms with Crippen LogP contribution in [-0.2, 0) is 6.54 Å². The Labute approximate surface area is 102 Å². The Morgan fingerprint density at radius 2 is 2.28 bits per heavy atom. The summed E-state index contributed by atoms with van der Waals surface area (Å²) in [5.74, 6) is 5.90. The molecular weight excluding hydrogens is 238 g/mol. The first-order chi connectivity index (χ1) is 8.69. The summed E-state index contributed by atoms with van der Waals surface area (Å²) in [4.78, 5) is 23.4. The molecule has 2 heterocycles. The van der Waals surface area contributed by atoms with E-state index in [9.17, 15) is 4.79 Å². The molecule has 2 rings (SSSR count). The van der Waals surface area contributed by atoms with Gasteiger partial charge in [-0.05, 0) is 0 Å². The highest BCUT2D eigenvalue weighted by Gasteiger charge is 2.10. The molecule has 18 heavy (non-hydrogen) atoms. The SMILES string of the molecule is Cc1nc(CNC(=O)c2cncc(NN)n2)no1. The van der Waals surface area contributed by atoms with Gasteiger partial charge in [-0.25, -0.2) is 10.8 Å². The first-order valence-electron chi connectivity index (χ1n) is 5.05. The smallest absolute Gasteiger partial charge is 0.271 e. The molecule has 0 atom stereocenters. The van der Waals surface area contributed by atoms with Gasteiger partial charge in [-0.3, -0.25) is 9.78 Å². The summed E-state index contributed by atoms with van der Waals surface area (Å²) in [5, 5.41) is 6.23. The van der Waals surface area contributed by atoms with Crippen molar-refractivity contribution in [3.63, 3.8) is 0 Å². The van der Waals surface area contributed by atoms with Gasteiger partial charge in [-0.2, -0.15) is 4.98 Å². The number of hydrogen-bond acceptors (Lipinski definition) is 8. The van der Waals surface area contributed by atoms with Crippen molar-refractivity contribution in [2.24, 2.45) is 5.84 Å². The van der Waals surface area contributed by atoms with Crippen molar-refractivity contribution in [1.29, 1.82) is 0 Å². The maximum Gasteiger partial charge on any atom is 0.271 e. The van der Waals surface area contributed by atoms with E-state index in [1.807, 2.05) is 0 Å². The van der Waals surface area contributed by atoms with Gasteiger partial charge in [0.25, 0.3) is 5.91 Å². The van der Waals surface area contributed by atoms with E-state index in [0.29, 0.717) is 17.5 Å². The first-order valence-corrected chi connectivity index (χ1v) is 5.05. The zero-order valence-electron chi connectivity index (χ0n) is 9.54. The second-order valence-electron chi connectivity index (χ2n) is 3.35. The molecule has 0 aliphatic rings. The topological polar surface area (TPSA) is 132 Å². The molecule has 9 nitrogen and oxygen atoms in total. The summed E-state index contributed by atoms with van der Waals surface area (Å²) in [5.41, 5.74) is 2.45. The lowest BCUT2D eigenvalue weighted by Crippen LogP contribution is -2.25. The molecular formula is C9H11N7O2. The third-order valence-electron chi connectivity index (χ3n) is 1.99. The Bertz CT molecular complexity index is 553. The number of rotatable bonds is 4. The van der Waals surface area contributed by atoms with E-state index in [1.165, 1.54) is 12.4 Å². The molecule has 0 saturated heterocycles. The molecule has 0 bridgehead atoms. The molecule has 9 heteroatoms. The normalized spacial score (nSPS) is 10.1. The van der Waals surface area contributed by atoms with Crippen LogP contribution in [0.2, 0.25) is 0 Å². The number of anilines is 1. The molecule has 0 unspecified atom stereocenters. The maximum absolute atomic E-state index is 11.7. The van der Waals surface area contributed by atoms with Crippen LogP contribution in [0.5, 0.6) is 0 Å². The average Bonchev–Trinajstić information content (AvgIpc) is 2.82. The largest absolute Gasteiger partial charge is 0.343 e. The lowest BCUT2D eigenvalue weighted by Gasteiger charge is -2.03. The highest BCUT2D eigenvalue weighted by atomic mass is 16.5. The number of amides is 1. The molecule has 0 aliphatic carbocycles. The van der Waals surface area contributed by atoms with Gasteiger partial charge in [-0.1, -0.05) is 5.16 Å². The predicted octanol–water partition coefficient (Wildman–Crippen LogP) is -0.616. The van der Waals surface area contributed by atoms with E-state index in [0.717, 1.165) is 0 Å². The van der Waals surface area contributed by atoms with Crippen molar-refractivity contribution in [1.82, 2.24) is 25.4 Å². The van der Waals surface area contributed by atoms with Gasteiger partial charge in [0.2, 0.25) is 5.89 Å². The predicted molar refractivity (Wildman–Crippen MR) is 60.0 cm³/mol. The Balaban J connectivity index is 1.99. The van der Waals surface area contributed by atoms with Crippen LogP contribution in [0.1, 0.15) is 22.2 Å². The van der Waals surface area contributed by atoms with E-state index >= 15 is 0 Å². The molecule has 2 aromatic rings. The van der Waals surface area contributed by atoms with Crippen LogP contribution >= 0.6 is 0 Å². The molecule has 0 aliphatic heterocycles. The van der Waals surface area contributed by atoms with Gasteiger partial charge in [0, 0.05) is 6.92 Å². The molecule has 2 aromatic heterocycles. The Morgan fingerprint density at radius 3 is 2.94 bits per heavy atom. The number of nitrogens with one attached hydrogen (secondary N) is 2. The third-order valence-corrected chi connectivity index (χ3v) is 1.99. The fourth-order valence-corrected chi connectivity index (χ4v) is 1.21. The second-order valence-corrected chi connectivity index (χ2v) is 3.35. The lowest BCUT2D eigenvalue weighted by atomic mass is 10.4. The highest BCUT2D eigenvalue weighted by Crippen LogP contribution is 2.00. The van der Waals surface area contributed by atoms with E-state index in [1.54, 1.807) is 6.92 Å². The Kier molecular flexibility index (Phi) is 3.44. The number of hydrazine groups is 1. The van der Waals surface area contributed by atoms with E-state index in [2.05, 4.69) is 30.9 Å². The van der Waals surface area contributed by atoms with Crippen molar-refractivity contribution in [3.05, 3.63) is 29.8 Å². The average molecular weight is 249 g/mol. The van der Waals surface area contributed by atoms with Crippen LogP contribution in [0, 0.1) is 6.92 Å². The number of nitrogen functional groups attached to an aromatic ring is 1. The van der Waals surface area contributed by atoms with Crippen molar-refractivity contribution >= 4 is 11.7 Å². The Morgan fingerprint density at radius 1 is 1.44 bits per heavy atom. The monoisotopic (exact) mass is 249 g/mol. The molecule has 0 saturated carbocycles. The summed E-state index contributed by atoms with van der Waals surface area (Å²) in [6.45, 7) is 1.82. The van der Waals surface area contributed by atoms with Gasteiger partial charge in [-0.15, -0.1) is 0 Å². The van der Waals surface area contributed by atoms with E-state index < -0.39 is 5.91 Å². The molecule has 0 fully saturated rings. The van der Waals surface area contributed by atoms with Gasteiger partial charge < -0.3 is 15.3 Å². The lowest BCUT2D eigenvalue weighted by molar-refractivity contribution is 0.0944. The third kappa shape index (κ3) is 2.77. The minimum atomic E-state index is -0.401. The van der Waals surface area contributed by atoms with Gasteiger partial charge in [0.15, 0.2) is 11.6 Å². The van der Waals surface area contributed by atoms with Crippen molar-refractivity contribution in [3.8, 4) is 0 Å². The fourth-order valence-electron chi connectivity index (χ4n) is 1.21. The second kappa shape index (κ2) is 5.19. The molecule has 94 valence electrons. The van der Waals surface area contributed by atoms with Crippen LogP contribution in [0.4, 0.5) is 5.82 Å². The number of aryl methyl sites for hydroxylation is 1. The molecule has 0 spiro atoms. The number of nitrogens with two attached hydrogens (primary N) is 1. The van der Waals surface area contributed by atoms with Gasteiger partial charge in [0.05, 0.1) is 18.9 Å². The summed E-state index contributed by atoms with van der Waals surface area (Å²) in [7, 11) is 0. The van der Waals surface area contributed by atoms with E-state index in [4.69, 9.17) is 10.4 Å². The zero-order valence-corrected chi connectivity index (χ0v) is 9.54.